The Labute approximate surface area is 124 Å². The van der Waals surface area contributed by atoms with E-state index in [-0.39, 0.29) is 12.2 Å². The maximum absolute atomic E-state index is 11.1. The summed E-state index contributed by atoms with van der Waals surface area (Å²) < 4.78 is 11.0. The van der Waals surface area contributed by atoms with E-state index in [1.165, 1.54) is 6.07 Å². The number of ether oxygens (including phenoxy) is 1. The molecule has 0 aliphatic carbocycles. The molecule has 6 heteroatoms. The normalized spacial score (nSPS) is 10.7. The zero-order valence-corrected chi connectivity index (χ0v) is 11.5. The van der Waals surface area contributed by atoms with Gasteiger partial charge in [0.05, 0.1) is 5.56 Å². The number of aromatic nitrogens is 1. The summed E-state index contributed by atoms with van der Waals surface area (Å²) in [6, 6.07) is 11.6. The molecule has 106 valence electrons. The third-order valence-electron chi connectivity index (χ3n) is 2.87. The molecule has 3 rings (SSSR count). The Balaban J connectivity index is 1.83. The van der Waals surface area contributed by atoms with Crippen molar-refractivity contribution in [3.05, 3.63) is 58.9 Å². The van der Waals surface area contributed by atoms with Crippen molar-refractivity contribution in [2.45, 2.75) is 6.61 Å². The molecule has 2 aromatic carbocycles. The van der Waals surface area contributed by atoms with Crippen LogP contribution >= 0.6 is 11.6 Å². The molecule has 3 aromatic rings. The van der Waals surface area contributed by atoms with E-state index in [1.54, 1.807) is 36.4 Å². The minimum atomic E-state index is -1.04. The van der Waals surface area contributed by atoms with Gasteiger partial charge in [-0.25, -0.2) is 9.78 Å². The third-order valence-corrected chi connectivity index (χ3v) is 3.12. The van der Waals surface area contributed by atoms with Crippen LogP contribution in [0.25, 0.3) is 11.1 Å². The number of halogens is 1. The van der Waals surface area contributed by atoms with E-state index in [2.05, 4.69) is 4.98 Å². The zero-order chi connectivity index (χ0) is 14.8. The molecule has 0 amide bonds. The van der Waals surface area contributed by atoms with Crippen LogP contribution in [-0.4, -0.2) is 16.1 Å². The predicted molar refractivity (Wildman–Crippen MR) is 76.8 cm³/mol. The van der Waals surface area contributed by atoms with E-state index in [0.29, 0.717) is 27.8 Å². The molecule has 0 atom stereocenters. The number of oxazole rings is 1. The first-order valence-corrected chi connectivity index (χ1v) is 6.51. The van der Waals surface area contributed by atoms with Gasteiger partial charge in [-0.3, -0.25) is 0 Å². The van der Waals surface area contributed by atoms with E-state index >= 15 is 0 Å². The maximum Gasteiger partial charge on any atom is 0.338 e. The zero-order valence-electron chi connectivity index (χ0n) is 10.7. The highest BCUT2D eigenvalue weighted by molar-refractivity contribution is 6.30. The van der Waals surface area contributed by atoms with E-state index < -0.39 is 5.97 Å². The largest absolute Gasteiger partial charge is 0.484 e. The van der Waals surface area contributed by atoms with Crippen molar-refractivity contribution < 1.29 is 19.1 Å². The number of hydrogen-bond acceptors (Lipinski definition) is 4. The summed E-state index contributed by atoms with van der Waals surface area (Å²) in [5.41, 5.74) is 0.846. The third kappa shape index (κ3) is 2.83. The highest BCUT2D eigenvalue weighted by atomic mass is 35.5. The van der Waals surface area contributed by atoms with Crippen molar-refractivity contribution in [2.24, 2.45) is 0 Å². The van der Waals surface area contributed by atoms with Gasteiger partial charge in [-0.05, 0) is 36.4 Å². The molecule has 1 N–H and O–H groups in total. The second kappa shape index (κ2) is 5.46. The summed E-state index contributed by atoms with van der Waals surface area (Å²) in [4.78, 5) is 15.3. The van der Waals surface area contributed by atoms with Crippen molar-refractivity contribution in [3.63, 3.8) is 0 Å². The molecule has 1 heterocycles. The SMILES string of the molecule is O=C(O)c1cccc2oc(COc3ccc(Cl)cc3)nc12. The van der Waals surface area contributed by atoms with Crippen LogP contribution in [0.1, 0.15) is 16.2 Å². The lowest BCUT2D eigenvalue weighted by Gasteiger charge is -2.02. The number of carbonyl (C=O) groups is 1. The molecule has 0 aliphatic heterocycles. The topological polar surface area (TPSA) is 72.6 Å². The molecule has 5 nitrogen and oxygen atoms in total. The Bertz CT molecular complexity index is 795. The number of nitrogens with zero attached hydrogens (tertiary/aromatic N) is 1. The number of para-hydroxylation sites is 1. The van der Waals surface area contributed by atoms with Crippen LogP contribution in [0, 0.1) is 0 Å². The van der Waals surface area contributed by atoms with Crippen LogP contribution in [0.5, 0.6) is 5.75 Å². The predicted octanol–water partition coefficient (Wildman–Crippen LogP) is 3.76. The minimum absolute atomic E-state index is 0.106. The standard InChI is InChI=1S/C15H10ClNO4/c16-9-4-6-10(7-5-9)20-8-13-17-14-11(15(18)19)2-1-3-12(14)21-13/h1-7H,8H2,(H,18,19). The number of carboxylic acid groups (broad SMARTS) is 1. The molecule has 0 saturated carbocycles. The highest BCUT2D eigenvalue weighted by Crippen LogP contribution is 2.21. The quantitative estimate of drug-likeness (QED) is 0.794. The fourth-order valence-corrected chi connectivity index (χ4v) is 2.03. The molecule has 21 heavy (non-hydrogen) atoms. The van der Waals surface area contributed by atoms with Gasteiger partial charge >= 0.3 is 5.97 Å². The number of fused-ring (bicyclic) bond motifs is 1. The lowest BCUT2D eigenvalue weighted by molar-refractivity contribution is 0.0699. The second-order valence-electron chi connectivity index (χ2n) is 4.31. The fourth-order valence-electron chi connectivity index (χ4n) is 1.90. The Kier molecular flexibility index (Phi) is 3.50. The molecule has 0 bridgehead atoms. The summed E-state index contributed by atoms with van der Waals surface area (Å²) >= 11 is 5.79. The van der Waals surface area contributed by atoms with E-state index in [1.807, 2.05) is 0 Å². The maximum atomic E-state index is 11.1. The van der Waals surface area contributed by atoms with Crippen molar-refractivity contribution in [1.29, 1.82) is 0 Å². The van der Waals surface area contributed by atoms with Gasteiger partial charge in [0.2, 0.25) is 5.89 Å². The van der Waals surface area contributed by atoms with Crippen LogP contribution in [0.3, 0.4) is 0 Å². The number of carboxylic acids is 1. The number of aromatic carboxylic acids is 1. The average molecular weight is 304 g/mol. The van der Waals surface area contributed by atoms with Gasteiger partial charge in [0.1, 0.15) is 11.3 Å². The molecular formula is C15H10ClNO4. The molecule has 1 aromatic heterocycles. The van der Waals surface area contributed by atoms with Gasteiger partial charge in [0.15, 0.2) is 12.2 Å². The lowest BCUT2D eigenvalue weighted by atomic mass is 10.2. The summed E-state index contributed by atoms with van der Waals surface area (Å²) in [6.45, 7) is 0.107. The molecule has 0 unspecified atom stereocenters. The van der Waals surface area contributed by atoms with Crippen molar-refractivity contribution >= 4 is 28.7 Å². The Hall–Kier alpha value is -2.53. The summed E-state index contributed by atoms with van der Waals surface area (Å²) in [5, 5.41) is 9.72. The van der Waals surface area contributed by atoms with E-state index in [4.69, 9.17) is 25.9 Å². The van der Waals surface area contributed by atoms with Crippen molar-refractivity contribution in [2.75, 3.05) is 0 Å². The van der Waals surface area contributed by atoms with Crippen molar-refractivity contribution in [3.8, 4) is 5.75 Å². The van der Waals surface area contributed by atoms with Crippen LogP contribution in [0.4, 0.5) is 0 Å². The molecule has 0 spiro atoms. The fraction of sp³-hybridized carbons (Fsp3) is 0.0667. The average Bonchev–Trinajstić information content (AvgIpc) is 2.89. The van der Waals surface area contributed by atoms with Gasteiger partial charge < -0.3 is 14.3 Å². The van der Waals surface area contributed by atoms with E-state index in [9.17, 15) is 4.79 Å². The molecule has 0 radical (unpaired) electrons. The van der Waals surface area contributed by atoms with Gasteiger partial charge in [-0.2, -0.15) is 0 Å². The van der Waals surface area contributed by atoms with Gasteiger partial charge in [0.25, 0.3) is 0 Å². The van der Waals surface area contributed by atoms with Gasteiger partial charge in [0, 0.05) is 5.02 Å². The monoisotopic (exact) mass is 303 g/mol. The number of rotatable bonds is 4. The van der Waals surface area contributed by atoms with Gasteiger partial charge in [-0.1, -0.05) is 17.7 Å². The Morgan fingerprint density at radius 1 is 1.24 bits per heavy atom. The summed E-state index contributed by atoms with van der Waals surface area (Å²) in [6.07, 6.45) is 0. The minimum Gasteiger partial charge on any atom is -0.484 e. The Morgan fingerprint density at radius 3 is 2.71 bits per heavy atom. The number of hydrogen-bond donors (Lipinski definition) is 1. The molecule has 0 aliphatic rings. The number of benzene rings is 2. The summed E-state index contributed by atoms with van der Waals surface area (Å²) in [7, 11) is 0. The molecular weight excluding hydrogens is 294 g/mol. The van der Waals surface area contributed by atoms with Crippen molar-refractivity contribution in [1.82, 2.24) is 4.98 Å². The van der Waals surface area contributed by atoms with Crippen LogP contribution in [-0.2, 0) is 6.61 Å². The highest BCUT2D eigenvalue weighted by Gasteiger charge is 2.14. The van der Waals surface area contributed by atoms with Crippen LogP contribution < -0.4 is 4.74 Å². The van der Waals surface area contributed by atoms with Crippen LogP contribution in [0.15, 0.2) is 46.9 Å². The lowest BCUT2D eigenvalue weighted by Crippen LogP contribution is -1.98. The first-order valence-electron chi connectivity index (χ1n) is 6.13. The first-order chi connectivity index (χ1) is 10.1. The Morgan fingerprint density at radius 2 is 2.00 bits per heavy atom. The smallest absolute Gasteiger partial charge is 0.338 e. The van der Waals surface area contributed by atoms with Gasteiger partial charge in [-0.15, -0.1) is 0 Å². The first kappa shape index (κ1) is 13.5. The second-order valence-corrected chi connectivity index (χ2v) is 4.74. The molecule has 0 fully saturated rings. The molecule has 0 saturated heterocycles. The van der Waals surface area contributed by atoms with E-state index in [0.717, 1.165) is 0 Å². The van der Waals surface area contributed by atoms with Crippen LogP contribution in [0.2, 0.25) is 5.02 Å². The summed E-state index contributed by atoms with van der Waals surface area (Å²) in [5.74, 6) is -0.104.